The molecule has 2 rings (SSSR count). The molecule has 0 radical (unpaired) electrons. The summed E-state index contributed by atoms with van der Waals surface area (Å²) < 4.78 is 32.0. The Morgan fingerprint density at radius 1 is 1.26 bits per heavy atom. The summed E-state index contributed by atoms with van der Waals surface area (Å²) in [6, 6.07) is 3.86. The standard InChI is InChI=1S/C13H19F2N3O/c14-11-2-1-3-12(15)10(11)8-17-9-13(16)18-4-6-19-7-5-18/h1-3,13,17H,4-9,16H2. The van der Waals surface area contributed by atoms with Crippen LogP contribution in [0.2, 0.25) is 0 Å². The Morgan fingerprint density at radius 3 is 2.53 bits per heavy atom. The number of rotatable bonds is 5. The zero-order valence-corrected chi connectivity index (χ0v) is 10.7. The second-order valence-electron chi connectivity index (χ2n) is 4.55. The lowest BCUT2D eigenvalue weighted by Crippen LogP contribution is -2.52. The highest BCUT2D eigenvalue weighted by molar-refractivity contribution is 5.19. The van der Waals surface area contributed by atoms with Crippen molar-refractivity contribution in [3.05, 3.63) is 35.4 Å². The van der Waals surface area contributed by atoms with Gasteiger partial charge in [-0.05, 0) is 12.1 Å². The number of halogens is 2. The Hall–Kier alpha value is -1.08. The van der Waals surface area contributed by atoms with Crippen LogP contribution in [-0.4, -0.2) is 43.9 Å². The van der Waals surface area contributed by atoms with Crippen molar-refractivity contribution in [1.29, 1.82) is 0 Å². The third-order valence-corrected chi connectivity index (χ3v) is 3.23. The molecule has 3 N–H and O–H groups in total. The first-order valence-electron chi connectivity index (χ1n) is 6.39. The van der Waals surface area contributed by atoms with Crippen molar-refractivity contribution in [2.24, 2.45) is 5.73 Å². The minimum absolute atomic E-state index is 0.0525. The first-order chi connectivity index (χ1) is 9.18. The van der Waals surface area contributed by atoms with Gasteiger partial charge in [0.1, 0.15) is 11.6 Å². The van der Waals surface area contributed by atoms with Gasteiger partial charge >= 0.3 is 0 Å². The molecule has 1 fully saturated rings. The highest BCUT2D eigenvalue weighted by Gasteiger charge is 2.17. The van der Waals surface area contributed by atoms with E-state index in [1.807, 2.05) is 0 Å². The third-order valence-electron chi connectivity index (χ3n) is 3.23. The van der Waals surface area contributed by atoms with Crippen molar-refractivity contribution in [1.82, 2.24) is 10.2 Å². The van der Waals surface area contributed by atoms with Gasteiger partial charge in [-0.3, -0.25) is 4.90 Å². The number of hydrogen-bond donors (Lipinski definition) is 2. The number of benzene rings is 1. The Balaban J connectivity index is 1.79. The fraction of sp³-hybridized carbons (Fsp3) is 0.538. The number of nitrogens with two attached hydrogens (primary N) is 1. The highest BCUT2D eigenvalue weighted by Crippen LogP contribution is 2.11. The molecule has 1 aromatic carbocycles. The molecule has 1 atom stereocenters. The molecule has 19 heavy (non-hydrogen) atoms. The van der Waals surface area contributed by atoms with E-state index in [9.17, 15) is 8.78 Å². The molecule has 1 heterocycles. The van der Waals surface area contributed by atoms with E-state index in [1.54, 1.807) is 0 Å². The van der Waals surface area contributed by atoms with Gasteiger partial charge in [-0.25, -0.2) is 8.78 Å². The summed E-state index contributed by atoms with van der Waals surface area (Å²) in [6.45, 7) is 3.55. The van der Waals surface area contributed by atoms with Crippen molar-refractivity contribution >= 4 is 0 Å². The fourth-order valence-corrected chi connectivity index (χ4v) is 2.08. The van der Waals surface area contributed by atoms with E-state index in [0.29, 0.717) is 19.8 Å². The Bertz CT molecular complexity index is 391. The van der Waals surface area contributed by atoms with Crippen molar-refractivity contribution in [3.8, 4) is 0 Å². The summed E-state index contributed by atoms with van der Waals surface area (Å²) in [7, 11) is 0. The molecule has 1 aliphatic rings. The van der Waals surface area contributed by atoms with Gasteiger partial charge in [-0.2, -0.15) is 0 Å². The molecule has 1 aliphatic heterocycles. The van der Waals surface area contributed by atoms with Gasteiger partial charge in [0.05, 0.1) is 19.4 Å². The van der Waals surface area contributed by atoms with E-state index < -0.39 is 11.6 Å². The number of hydrogen-bond acceptors (Lipinski definition) is 4. The van der Waals surface area contributed by atoms with Crippen LogP contribution in [0.15, 0.2) is 18.2 Å². The van der Waals surface area contributed by atoms with Gasteiger partial charge in [0.15, 0.2) is 0 Å². The normalized spacial score (nSPS) is 18.5. The molecule has 106 valence electrons. The average Bonchev–Trinajstić information content (AvgIpc) is 2.43. The first kappa shape index (κ1) is 14.3. The molecule has 1 aromatic rings. The van der Waals surface area contributed by atoms with E-state index in [-0.39, 0.29) is 18.3 Å². The smallest absolute Gasteiger partial charge is 0.130 e. The monoisotopic (exact) mass is 271 g/mol. The molecule has 0 spiro atoms. The molecule has 4 nitrogen and oxygen atoms in total. The zero-order chi connectivity index (χ0) is 13.7. The van der Waals surface area contributed by atoms with Crippen molar-refractivity contribution in [2.75, 3.05) is 32.8 Å². The van der Waals surface area contributed by atoms with Crippen molar-refractivity contribution in [3.63, 3.8) is 0 Å². The van der Waals surface area contributed by atoms with Gasteiger partial charge in [0.25, 0.3) is 0 Å². The van der Waals surface area contributed by atoms with Crippen LogP contribution < -0.4 is 11.1 Å². The summed E-state index contributed by atoms with van der Waals surface area (Å²) in [5, 5.41) is 2.99. The van der Waals surface area contributed by atoms with Crippen LogP contribution in [0.25, 0.3) is 0 Å². The van der Waals surface area contributed by atoms with Gasteiger partial charge in [0, 0.05) is 31.7 Å². The molecule has 6 heteroatoms. The van der Waals surface area contributed by atoms with Crippen LogP contribution in [0.3, 0.4) is 0 Å². The van der Waals surface area contributed by atoms with Crippen LogP contribution >= 0.6 is 0 Å². The van der Waals surface area contributed by atoms with E-state index in [1.165, 1.54) is 18.2 Å². The van der Waals surface area contributed by atoms with E-state index in [4.69, 9.17) is 10.5 Å². The maximum absolute atomic E-state index is 13.4. The van der Waals surface area contributed by atoms with Gasteiger partial charge < -0.3 is 15.8 Å². The average molecular weight is 271 g/mol. The SMILES string of the molecule is NC(CNCc1c(F)cccc1F)N1CCOCC1. The van der Waals surface area contributed by atoms with Crippen molar-refractivity contribution in [2.45, 2.75) is 12.7 Å². The van der Waals surface area contributed by atoms with Crippen LogP contribution in [-0.2, 0) is 11.3 Å². The van der Waals surface area contributed by atoms with E-state index in [2.05, 4.69) is 10.2 Å². The third kappa shape index (κ3) is 3.94. The number of nitrogens with zero attached hydrogens (tertiary/aromatic N) is 1. The van der Waals surface area contributed by atoms with Crippen LogP contribution in [0, 0.1) is 11.6 Å². The molecular weight excluding hydrogens is 252 g/mol. The number of morpholine rings is 1. The Kier molecular flexibility index (Phi) is 5.21. The Labute approximate surface area is 111 Å². The summed E-state index contributed by atoms with van der Waals surface area (Å²) >= 11 is 0. The largest absolute Gasteiger partial charge is 0.379 e. The maximum Gasteiger partial charge on any atom is 0.130 e. The minimum atomic E-state index is -0.535. The summed E-state index contributed by atoms with van der Waals surface area (Å²) in [5.74, 6) is -1.07. The van der Waals surface area contributed by atoms with Crippen molar-refractivity contribution < 1.29 is 13.5 Å². The highest BCUT2D eigenvalue weighted by atomic mass is 19.1. The maximum atomic E-state index is 13.4. The predicted octanol–water partition coefficient (Wildman–Crippen LogP) is 0.671. The topological polar surface area (TPSA) is 50.5 Å². The van der Waals surface area contributed by atoms with Gasteiger partial charge in [-0.1, -0.05) is 6.07 Å². The molecule has 0 amide bonds. The summed E-state index contributed by atoms with van der Waals surface area (Å²) in [5.41, 5.74) is 6.06. The summed E-state index contributed by atoms with van der Waals surface area (Å²) in [6.07, 6.45) is -0.168. The molecule has 0 aromatic heterocycles. The lowest BCUT2D eigenvalue weighted by molar-refractivity contribution is 0.0178. The molecule has 0 aliphatic carbocycles. The molecule has 0 bridgehead atoms. The van der Waals surface area contributed by atoms with E-state index >= 15 is 0 Å². The second-order valence-corrected chi connectivity index (χ2v) is 4.55. The number of ether oxygens (including phenoxy) is 1. The lowest BCUT2D eigenvalue weighted by Gasteiger charge is -2.32. The minimum Gasteiger partial charge on any atom is -0.379 e. The van der Waals surface area contributed by atoms with Crippen LogP contribution in [0.1, 0.15) is 5.56 Å². The first-order valence-corrected chi connectivity index (χ1v) is 6.39. The predicted molar refractivity (Wildman–Crippen MR) is 68.4 cm³/mol. The molecule has 1 saturated heterocycles. The van der Waals surface area contributed by atoms with Crippen LogP contribution in [0.4, 0.5) is 8.78 Å². The molecule has 1 unspecified atom stereocenters. The fourth-order valence-electron chi connectivity index (χ4n) is 2.08. The van der Waals surface area contributed by atoms with Crippen LogP contribution in [0.5, 0.6) is 0 Å². The number of nitrogens with one attached hydrogen (secondary N) is 1. The van der Waals surface area contributed by atoms with E-state index in [0.717, 1.165) is 13.1 Å². The second kappa shape index (κ2) is 6.91. The quantitative estimate of drug-likeness (QED) is 0.826. The Morgan fingerprint density at radius 2 is 1.89 bits per heavy atom. The van der Waals surface area contributed by atoms with Gasteiger partial charge in [-0.15, -0.1) is 0 Å². The lowest BCUT2D eigenvalue weighted by atomic mass is 10.2. The molecule has 0 saturated carbocycles. The molecular formula is C13H19F2N3O. The van der Waals surface area contributed by atoms with Gasteiger partial charge in [0.2, 0.25) is 0 Å². The zero-order valence-electron chi connectivity index (χ0n) is 10.7. The summed E-state index contributed by atoms with van der Waals surface area (Å²) in [4.78, 5) is 2.09.